The van der Waals surface area contributed by atoms with Gasteiger partial charge < -0.3 is 15.3 Å². The van der Waals surface area contributed by atoms with Crippen LogP contribution in [0, 0.1) is 40.4 Å². The smallest absolute Gasteiger partial charge is 0.0910 e. The third-order valence-electron chi connectivity index (χ3n) is 10.5. The predicted octanol–water partition coefficient (Wildman–Crippen LogP) is 5.47. The highest BCUT2D eigenvalue weighted by atomic mass is 16.3. The Morgan fingerprint density at radius 3 is 2.50 bits per heavy atom. The lowest BCUT2D eigenvalue weighted by atomic mass is 9.46. The van der Waals surface area contributed by atoms with E-state index in [4.69, 9.17) is 0 Å². The maximum atomic E-state index is 11.6. The summed E-state index contributed by atoms with van der Waals surface area (Å²) < 4.78 is 0. The molecular formula is C27H46O3. The molecule has 3 heteroatoms. The lowest BCUT2D eigenvalue weighted by molar-refractivity contribution is -0.151. The highest BCUT2D eigenvalue weighted by Crippen LogP contribution is 2.67. The third kappa shape index (κ3) is 3.52. The van der Waals surface area contributed by atoms with E-state index in [0.29, 0.717) is 24.2 Å². The minimum atomic E-state index is -1.00. The summed E-state index contributed by atoms with van der Waals surface area (Å²) in [6.45, 7) is 11.2. The average Bonchev–Trinajstić information content (AvgIpc) is 3.04. The minimum Gasteiger partial charge on any atom is -0.393 e. The molecule has 172 valence electrons. The first-order valence-electron chi connectivity index (χ1n) is 12.8. The Hall–Kier alpha value is -0.380. The van der Waals surface area contributed by atoms with Gasteiger partial charge in [0.15, 0.2) is 0 Å². The summed E-state index contributed by atoms with van der Waals surface area (Å²) in [4.78, 5) is 0. The molecule has 9 atom stereocenters. The Kier molecular flexibility index (Phi) is 5.99. The zero-order valence-corrected chi connectivity index (χ0v) is 20.0. The Bertz CT molecular complexity index is 667. The van der Waals surface area contributed by atoms with Crippen molar-refractivity contribution in [3.63, 3.8) is 0 Å². The van der Waals surface area contributed by atoms with Crippen LogP contribution >= 0.6 is 0 Å². The van der Waals surface area contributed by atoms with E-state index in [1.807, 2.05) is 6.92 Å². The van der Waals surface area contributed by atoms with Crippen molar-refractivity contribution in [2.75, 3.05) is 0 Å². The number of rotatable bonds is 5. The van der Waals surface area contributed by atoms with E-state index in [1.165, 1.54) is 24.8 Å². The molecule has 0 aromatic rings. The molecule has 4 rings (SSSR count). The molecule has 0 bridgehead atoms. The fourth-order valence-electron chi connectivity index (χ4n) is 8.62. The maximum absolute atomic E-state index is 11.6. The van der Waals surface area contributed by atoms with Gasteiger partial charge in [-0.05, 0) is 112 Å². The summed E-state index contributed by atoms with van der Waals surface area (Å²) in [5, 5.41) is 32.7. The Morgan fingerprint density at radius 1 is 1.07 bits per heavy atom. The first-order chi connectivity index (χ1) is 14.0. The van der Waals surface area contributed by atoms with Crippen LogP contribution in [0.25, 0.3) is 0 Å². The Morgan fingerprint density at radius 2 is 1.80 bits per heavy atom. The van der Waals surface area contributed by atoms with E-state index in [2.05, 4.69) is 33.8 Å². The molecule has 0 heterocycles. The summed E-state index contributed by atoms with van der Waals surface area (Å²) >= 11 is 0. The SMILES string of the molecule is CC(C)CC[C@@H](O)[C@](C)(O)C1CCC2C3CC=C4C[C@@H](O)CC[C@]4(C)C3CCC21C. The predicted molar refractivity (Wildman–Crippen MR) is 122 cm³/mol. The van der Waals surface area contributed by atoms with Crippen LogP contribution in [0.1, 0.15) is 98.8 Å². The van der Waals surface area contributed by atoms with Gasteiger partial charge in [0, 0.05) is 0 Å². The van der Waals surface area contributed by atoms with Gasteiger partial charge in [0.05, 0.1) is 17.8 Å². The van der Waals surface area contributed by atoms with Gasteiger partial charge in [-0.2, -0.15) is 0 Å². The molecule has 30 heavy (non-hydrogen) atoms. The summed E-state index contributed by atoms with van der Waals surface area (Å²) in [6, 6.07) is 0. The first-order valence-corrected chi connectivity index (χ1v) is 12.8. The van der Waals surface area contributed by atoms with Gasteiger partial charge in [-0.15, -0.1) is 0 Å². The summed E-state index contributed by atoms with van der Waals surface area (Å²) in [6.07, 6.45) is 12.1. The van der Waals surface area contributed by atoms with E-state index in [9.17, 15) is 15.3 Å². The second-order valence-corrected chi connectivity index (χ2v) is 12.5. The van der Waals surface area contributed by atoms with E-state index in [0.717, 1.165) is 44.4 Å². The van der Waals surface area contributed by atoms with Gasteiger partial charge in [-0.25, -0.2) is 0 Å². The molecule has 5 unspecified atom stereocenters. The quantitative estimate of drug-likeness (QED) is 0.519. The average molecular weight is 419 g/mol. The molecular weight excluding hydrogens is 372 g/mol. The zero-order chi connectivity index (χ0) is 21.9. The highest BCUT2D eigenvalue weighted by molar-refractivity contribution is 5.25. The van der Waals surface area contributed by atoms with Crippen molar-refractivity contribution in [1.82, 2.24) is 0 Å². The Balaban J connectivity index is 1.55. The van der Waals surface area contributed by atoms with Crippen molar-refractivity contribution in [2.45, 2.75) is 117 Å². The standard InChI is InChI=1S/C27H46O3/c1-17(2)6-11-24(29)27(5,30)23-10-9-21-20-8-7-18-16-19(28)12-14-25(18,3)22(20)13-15-26(21,23)4/h7,17,19-24,28-30H,6,8-16H2,1-5H3/t19-,20?,21?,22?,23?,24+,25-,26?,27+/m0/s1. The molecule has 3 saturated carbocycles. The molecule has 0 saturated heterocycles. The third-order valence-corrected chi connectivity index (χ3v) is 10.5. The maximum Gasteiger partial charge on any atom is 0.0910 e. The van der Waals surface area contributed by atoms with Crippen molar-refractivity contribution in [1.29, 1.82) is 0 Å². The monoisotopic (exact) mass is 418 g/mol. The fraction of sp³-hybridized carbons (Fsp3) is 0.926. The van der Waals surface area contributed by atoms with Crippen molar-refractivity contribution in [3.8, 4) is 0 Å². The van der Waals surface area contributed by atoms with Crippen molar-refractivity contribution in [2.24, 2.45) is 40.4 Å². The van der Waals surface area contributed by atoms with Crippen LogP contribution in [0.15, 0.2) is 11.6 Å². The molecule has 3 nitrogen and oxygen atoms in total. The molecule has 0 spiro atoms. The normalized spacial score (nSPS) is 46.4. The second-order valence-electron chi connectivity index (χ2n) is 12.5. The van der Waals surface area contributed by atoms with Gasteiger partial charge in [0.1, 0.15) is 0 Å². The van der Waals surface area contributed by atoms with Crippen LogP contribution in [0.3, 0.4) is 0 Å². The van der Waals surface area contributed by atoms with Crippen molar-refractivity contribution in [3.05, 3.63) is 11.6 Å². The summed E-state index contributed by atoms with van der Waals surface area (Å²) in [5.74, 6) is 2.80. The van der Waals surface area contributed by atoms with Crippen LogP contribution in [0.2, 0.25) is 0 Å². The molecule has 0 amide bonds. The molecule has 3 N–H and O–H groups in total. The number of aliphatic hydroxyl groups is 3. The van der Waals surface area contributed by atoms with Gasteiger partial charge in [0.2, 0.25) is 0 Å². The molecule has 4 aliphatic rings. The molecule has 0 radical (unpaired) electrons. The minimum absolute atomic E-state index is 0.124. The van der Waals surface area contributed by atoms with Crippen LogP contribution < -0.4 is 0 Å². The van der Waals surface area contributed by atoms with Crippen LogP contribution in [0.5, 0.6) is 0 Å². The summed E-state index contributed by atoms with van der Waals surface area (Å²) in [7, 11) is 0. The number of hydrogen-bond acceptors (Lipinski definition) is 3. The largest absolute Gasteiger partial charge is 0.393 e. The molecule has 0 aromatic carbocycles. The fourth-order valence-corrected chi connectivity index (χ4v) is 8.62. The van der Waals surface area contributed by atoms with E-state index >= 15 is 0 Å². The van der Waals surface area contributed by atoms with Gasteiger partial charge in [-0.1, -0.05) is 39.3 Å². The number of aliphatic hydroxyl groups excluding tert-OH is 2. The molecule has 3 fully saturated rings. The van der Waals surface area contributed by atoms with Crippen molar-refractivity contribution >= 4 is 0 Å². The summed E-state index contributed by atoms with van der Waals surface area (Å²) in [5.41, 5.74) is 0.914. The number of allylic oxidation sites excluding steroid dienone is 1. The van der Waals surface area contributed by atoms with Gasteiger partial charge in [0.25, 0.3) is 0 Å². The topological polar surface area (TPSA) is 60.7 Å². The van der Waals surface area contributed by atoms with Crippen molar-refractivity contribution < 1.29 is 15.3 Å². The van der Waals surface area contributed by atoms with E-state index in [1.54, 1.807) is 0 Å². The highest BCUT2D eigenvalue weighted by Gasteiger charge is 2.62. The van der Waals surface area contributed by atoms with E-state index in [-0.39, 0.29) is 22.9 Å². The first kappa shape index (κ1) is 22.8. The second kappa shape index (κ2) is 7.89. The van der Waals surface area contributed by atoms with Crippen LogP contribution in [-0.2, 0) is 0 Å². The van der Waals surface area contributed by atoms with Gasteiger partial charge >= 0.3 is 0 Å². The van der Waals surface area contributed by atoms with E-state index < -0.39 is 11.7 Å². The Labute approximate surface area is 184 Å². The lowest BCUT2D eigenvalue weighted by Gasteiger charge is -2.59. The van der Waals surface area contributed by atoms with Crippen LogP contribution in [-0.4, -0.2) is 33.1 Å². The van der Waals surface area contributed by atoms with Crippen LogP contribution in [0.4, 0.5) is 0 Å². The zero-order valence-electron chi connectivity index (χ0n) is 20.0. The molecule has 0 aromatic heterocycles. The lowest BCUT2D eigenvalue weighted by Crippen LogP contribution is -2.55. The van der Waals surface area contributed by atoms with Gasteiger partial charge in [-0.3, -0.25) is 0 Å². The number of hydrogen-bond donors (Lipinski definition) is 3. The number of fused-ring (bicyclic) bond motifs is 5. The molecule has 4 aliphatic carbocycles. The molecule has 0 aliphatic heterocycles.